The van der Waals surface area contributed by atoms with Gasteiger partial charge in [0.25, 0.3) is 0 Å². The lowest BCUT2D eigenvalue weighted by atomic mass is 9.88. The van der Waals surface area contributed by atoms with Crippen molar-refractivity contribution in [2.45, 2.75) is 44.9 Å². The molecule has 0 heteroatoms. The van der Waals surface area contributed by atoms with E-state index in [1.807, 2.05) is 12.2 Å². The highest BCUT2D eigenvalue weighted by Gasteiger charge is 2.09. The van der Waals surface area contributed by atoms with Crippen molar-refractivity contribution in [1.29, 1.82) is 0 Å². The number of allylic oxidation sites excluding steroid dienone is 4. The van der Waals surface area contributed by atoms with Crippen LogP contribution < -0.4 is 0 Å². The minimum absolute atomic E-state index is 1.06. The highest BCUT2D eigenvalue weighted by Crippen LogP contribution is 2.28. The van der Waals surface area contributed by atoms with Crippen LogP contribution in [0.5, 0.6) is 0 Å². The first-order valence-electron chi connectivity index (χ1n) is 5.30. The number of rotatable bonds is 4. The van der Waals surface area contributed by atoms with Gasteiger partial charge >= 0.3 is 0 Å². The van der Waals surface area contributed by atoms with Gasteiger partial charge in [0.1, 0.15) is 0 Å². The van der Waals surface area contributed by atoms with Gasteiger partial charge in [-0.05, 0) is 38.5 Å². The maximum atomic E-state index is 3.81. The highest BCUT2D eigenvalue weighted by atomic mass is 14.1. The van der Waals surface area contributed by atoms with Gasteiger partial charge in [-0.3, -0.25) is 0 Å². The molecule has 0 saturated heterocycles. The normalized spacial score (nSPS) is 16.8. The molecule has 1 aliphatic carbocycles. The van der Waals surface area contributed by atoms with Crippen molar-refractivity contribution in [3.05, 3.63) is 36.5 Å². The molecule has 0 amide bonds. The van der Waals surface area contributed by atoms with E-state index < -0.39 is 0 Å². The van der Waals surface area contributed by atoms with Crippen LogP contribution in [0.4, 0.5) is 0 Å². The van der Waals surface area contributed by atoms with Crippen LogP contribution >= 0.6 is 0 Å². The Hall–Kier alpha value is -0.780. The van der Waals surface area contributed by atoms with E-state index in [1.54, 1.807) is 11.1 Å². The van der Waals surface area contributed by atoms with Crippen molar-refractivity contribution in [2.75, 3.05) is 0 Å². The maximum Gasteiger partial charge on any atom is -0.0136 e. The van der Waals surface area contributed by atoms with Crippen LogP contribution in [0.2, 0.25) is 0 Å². The first-order valence-corrected chi connectivity index (χ1v) is 5.30. The van der Waals surface area contributed by atoms with Crippen LogP contribution in [0.25, 0.3) is 0 Å². The van der Waals surface area contributed by atoms with Crippen LogP contribution in [-0.4, -0.2) is 0 Å². The number of hydrogen-bond acceptors (Lipinski definition) is 0. The molecule has 0 N–H and O–H groups in total. The summed E-state index contributed by atoms with van der Waals surface area (Å²) in [6.45, 7) is 7.62. The molecular weight excluding hydrogens is 156 g/mol. The van der Waals surface area contributed by atoms with E-state index >= 15 is 0 Å². The summed E-state index contributed by atoms with van der Waals surface area (Å²) in [6.07, 6.45) is 13.0. The van der Waals surface area contributed by atoms with E-state index in [2.05, 4.69) is 13.2 Å². The van der Waals surface area contributed by atoms with Crippen molar-refractivity contribution in [3.63, 3.8) is 0 Å². The van der Waals surface area contributed by atoms with Gasteiger partial charge in [0.15, 0.2) is 0 Å². The van der Waals surface area contributed by atoms with Gasteiger partial charge in [0.05, 0.1) is 0 Å². The minimum Gasteiger partial charge on any atom is -0.103 e. The monoisotopic (exact) mass is 176 g/mol. The fraction of sp³-hybridized carbons (Fsp3) is 0.538. The van der Waals surface area contributed by atoms with Gasteiger partial charge in [-0.25, -0.2) is 0 Å². The molecule has 0 atom stereocenters. The Labute approximate surface area is 82.0 Å². The maximum absolute atomic E-state index is 3.81. The molecule has 1 rings (SSSR count). The quantitative estimate of drug-likeness (QED) is 0.557. The Morgan fingerprint density at radius 3 is 2.00 bits per heavy atom. The molecule has 0 aliphatic heterocycles. The van der Waals surface area contributed by atoms with Gasteiger partial charge in [-0.2, -0.15) is 0 Å². The van der Waals surface area contributed by atoms with E-state index in [1.165, 1.54) is 32.1 Å². The number of hydrogen-bond donors (Lipinski definition) is 0. The van der Waals surface area contributed by atoms with Gasteiger partial charge in [-0.1, -0.05) is 29.7 Å². The van der Waals surface area contributed by atoms with Crippen LogP contribution in [0.3, 0.4) is 0 Å². The third kappa shape index (κ3) is 3.22. The second kappa shape index (κ2) is 5.80. The molecule has 1 aliphatic rings. The predicted molar refractivity (Wildman–Crippen MR) is 59.7 cm³/mol. The molecule has 72 valence electrons. The first kappa shape index (κ1) is 10.3. The topological polar surface area (TPSA) is 0 Å². The van der Waals surface area contributed by atoms with Crippen molar-refractivity contribution < 1.29 is 0 Å². The van der Waals surface area contributed by atoms with Crippen LogP contribution in [0, 0.1) is 0 Å². The standard InChI is InChI=1S/C13H20/c1-3-8-12(9-4-2)13-10-6-5-7-11-13/h3-4H,1-2,5-11H2. The van der Waals surface area contributed by atoms with Gasteiger partial charge < -0.3 is 0 Å². The summed E-state index contributed by atoms with van der Waals surface area (Å²) < 4.78 is 0. The molecular formula is C13H20. The molecule has 0 spiro atoms. The fourth-order valence-electron chi connectivity index (χ4n) is 2.05. The summed E-state index contributed by atoms with van der Waals surface area (Å²) in [7, 11) is 0. The van der Waals surface area contributed by atoms with E-state index in [-0.39, 0.29) is 0 Å². The van der Waals surface area contributed by atoms with Crippen LogP contribution in [-0.2, 0) is 0 Å². The first-order chi connectivity index (χ1) is 6.38. The second-order valence-corrected chi connectivity index (χ2v) is 3.75. The predicted octanol–water partition coefficient (Wildman–Crippen LogP) is 4.40. The average molecular weight is 176 g/mol. The van der Waals surface area contributed by atoms with E-state index in [9.17, 15) is 0 Å². The summed E-state index contributed by atoms with van der Waals surface area (Å²) >= 11 is 0. The molecule has 1 saturated carbocycles. The third-order valence-corrected chi connectivity index (χ3v) is 2.74. The molecule has 0 nitrogen and oxygen atoms in total. The molecule has 0 radical (unpaired) electrons. The lowest BCUT2D eigenvalue weighted by Crippen LogP contribution is -1.98. The van der Waals surface area contributed by atoms with Crippen LogP contribution in [0.15, 0.2) is 36.5 Å². The Morgan fingerprint density at radius 2 is 1.54 bits per heavy atom. The summed E-state index contributed by atoms with van der Waals surface area (Å²) in [5.41, 5.74) is 3.26. The average Bonchev–Trinajstić information content (AvgIpc) is 2.19. The molecule has 0 unspecified atom stereocenters. The third-order valence-electron chi connectivity index (χ3n) is 2.74. The van der Waals surface area contributed by atoms with Gasteiger partial charge in [-0.15, -0.1) is 13.2 Å². The zero-order chi connectivity index (χ0) is 9.52. The SMILES string of the molecule is C=CCC(CC=C)=C1CCCCC1. The Balaban J connectivity index is 2.65. The Morgan fingerprint density at radius 1 is 1.00 bits per heavy atom. The van der Waals surface area contributed by atoms with Crippen molar-refractivity contribution in [1.82, 2.24) is 0 Å². The van der Waals surface area contributed by atoms with E-state index in [4.69, 9.17) is 0 Å². The summed E-state index contributed by atoms with van der Waals surface area (Å²) in [6, 6.07) is 0. The van der Waals surface area contributed by atoms with Crippen molar-refractivity contribution in [3.8, 4) is 0 Å². The Bertz CT molecular complexity index is 188. The van der Waals surface area contributed by atoms with Crippen molar-refractivity contribution in [2.24, 2.45) is 0 Å². The molecule has 13 heavy (non-hydrogen) atoms. The minimum atomic E-state index is 1.06. The zero-order valence-electron chi connectivity index (χ0n) is 8.52. The molecule has 0 bridgehead atoms. The van der Waals surface area contributed by atoms with E-state index in [0.717, 1.165) is 12.8 Å². The van der Waals surface area contributed by atoms with Gasteiger partial charge in [0, 0.05) is 0 Å². The smallest absolute Gasteiger partial charge is 0.0136 e. The van der Waals surface area contributed by atoms with Crippen LogP contribution in [0.1, 0.15) is 44.9 Å². The summed E-state index contributed by atoms with van der Waals surface area (Å²) in [4.78, 5) is 0. The molecule has 1 fully saturated rings. The van der Waals surface area contributed by atoms with Gasteiger partial charge in [0.2, 0.25) is 0 Å². The Kier molecular flexibility index (Phi) is 4.59. The lowest BCUT2D eigenvalue weighted by Gasteiger charge is -2.18. The molecule has 0 aromatic carbocycles. The molecule has 0 heterocycles. The summed E-state index contributed by atoms with van der Waals surface area (Å²) in [5, 5.41) is 0. The zero-order valence-corrected chi connectivity index (χ0v) is 8.52. The molecule has 0 aromatic heterocycles. The van der Waals surface area contributed by atoms with Crippen molar-refractivity contribution >= 4 is 0 Å². The fourth-order valence-corrected chi connectivity index (χ4v) is 2.05. The highest BCUT2D eigenvalue weighted by molar-refractivity contribution is 5.20. The summed E-state index contributed by atoms with van der Waals surface area (Å²) in [5.74, 6) is 0. The largest absolute Gasteiger partial charge is 0.103 e. The second-order valence-electron chi connectivity index (χ2n) is 3.75. The lowest BCUT2D eigenvalue weighted by molar-refractivity contribution is 0.590. The molecule has 0 aromatic rings. The van der Waals surface area contributed by atoms with E-state index in [0.29, 0.717) is 0 Å².